The molecule has 0 amide bonds. The van der Waals surface area contributed by atoms with Crippen LogP contribution in [-0.4, -0.2) is 0 Å². The highest BCUT2D eigenvalue weighted by Gasteiger charge is 2.35. The van der Waals surface area contributed by atoms with Gasteiger partial charge in [0.2, 0.25) is 0 Å². The Hall–Kier alpha value is -4.68. The summed E-state index contributed by atoms with van der Waals surface area (Å²) >= 11 is 0. The Morgan fingerprint density at radius 2 is 1.57 bits per heavy atom. The lowest BCUT2D eigenvalue weighted by Crippen LogP contribution is -2.14. The summed E-state index contributed by atoms with van der Waals surface area (Å²) < 4.78 is 0. The van der Waals surface area contributed by atoms with Gasteiger partial charge in [-0.2, -0.15) is 0 Å². The first-order valence-corrected chi connectivity index (χ1v) is 14.9. The molecule has 42 heavy (non-hydrogen) atoms. The van der Waals surface area contributed by atoms with Gasteiger partial charge in [0.1, 0.15) is 0 Å². The molecule has 0 saturated heterocycles. The van der Waals surface area contributed by atoms with Crippen molar-refractivity contribution in [2.75, 3.05) is 0 Å². The van der Waals surface area contributed by atoms with Crippen LogP contribution in [0.3, 0.4) is 0 Å². The van der Waals surface area contributed by atoms with Gasteiger partial charge in [0.25, 0.3) is 0 Å². The summed E-state index contributed by atoms with van der Waals surface area (Å²) in [6.07, 6.45) is 16.7. The molecule has 0 aromatic heterocycles. The second-order valence-electron chi connectivity index (χ2n) is 11.8. The molecule has 206 valence electrons. The maximum absolute atomic E-state index is 4.15. The molecule has 0 heterocycles. The second-order valence-corrected chi connectivity index (χ2v) is 11.8. The van der Waals surface area contributed by atoms with E-state index in [-0.39, 0.29) is 5.41 Å². The highest BCUT2D eigenvalue weighted by molar-refractivity contribution is 5.88. The third kappa shape index (κ3) is 4.88. The molecule has 0 aliphatic heterocycles. The van der Waals surface area contributed by atoms with Crippen molar-refractivity contribution >= 4 is 11.1 Å². The van der Waals surface area contributed by atoms with Crippen LogP contribution in [0.2, 0.25) is 0 Å². The summed E-state index contributed by atoms with van der Waals surface area (Å²) in [5, 5.41) is 0. The van der Waals surface area contributed by atoms with Gasteiger partial charge in [-0.3, -0.25) is 0 Å². The number of allylic oxidation sites excluding steroid dienone is 10. The molecular formula is C42H38. The Labute approximate surface area is 251 Å². The second kappa shape index (κ2) is 11.3. The van der Waals surface area contributed by atoms with E-state index < -0.39 is 0 Å². The third-order valence-electron chi connectivity index (χ3n) is 8.87. The zero-order chi connectivity index (χ0) is 29.3. The molecule has 0 atom stereocenters. The van der Waals surface area contributed by atoms with Crippen molar-refractivity contribution < 1.29 is 0 Å². The summed E-state index contributed by atoms with van der Waals surface area (Å²) in [7, 11) is 0. The monoisotopic (exact) mass is 542 g/mol. The van der Waals surface area contributed by atoms with Crippen LogP contribution in [-0.2, 0) is 18.3 Å². The zero-order valence-corrected chi connectivity index (χ0v) is 25.0. The standard InChI is InChI=1S/C42H38/c1-6-14-34-26-35-20-19-29(25-37(35)36(34)8-3)15-12-13-16-30(7-2)32-21-23-40-38(27-32)39-28-33(31-17-10-9-11-18-31)22-24-41(39)42(40,4)5/h6-14,16-25,27-28H,2-3,15,26H2,1,4-5H3/b13-12-,14-6-,30-16+. The molecule has 0 fully saturated rings. The van der Waals surface area contributed by atoms with E-state index in [2.05, 4.69) is 149 Å². The Morgan fingerprint density at radius 3 is 2.31 bits per heavy atom. The number of hydrogen-bond donors (Lipinski definition) is 0. The van der Waals surface area contributed by atoms with Gasteiger partial charge in [0, 0.05) is 5.41 Å². The number of fused-ring (bicyclic) bond motifs is 4. The first-order valence-electron chi connectivity index (χ1n) is 14.9. The molecule has 0 N–H and O–H groups in total. The highest BCUT2D eigenvalue weighted by atomic mass is 14.4. The summed E-state index contributed by atoms with van der Waals surface area (Å²) in [6, 6.07) is 31.4. The summed E-state index contributed by atoms with van der Waals surface area (Å²) in [5.74, 6) is 0. The fraction of sp³-hybridized carbons (Fsp3) is 0.143. The van der Waals surface area contributed by atoms with Crippen LogP contribution in [0.25, 0.3) is 33.4 Å². The lowest BCUT2D eigenvalue weighted by Gasteiger charge is -2.21. The molecule has 4 aromatic carbocycles. The molecule has 2 aliphatic rings. The minimum absolute atomic E-state index is 0.0273. The molecule has 0 bridgehead atoms. The quantitative estimate of drug-likeness (QED) is 0.194. The minimum Gasteiger partial charge on any atom is -0.0984 e. The van der Waals surface area contributed by atoms with Gasteiger partial charge in [0.15, 0.2) is 0 Å². The van der Waals surface area contributed by atoms with E-state index in [9.17, 15) is 0 Å². The van der Waals surface area contributed by atoms with Crippen LogP contribution in [0.4, 0.5) is 0 Å². The van der Waals surface area contributed by atoms with E-state index in [4.69, 9.17) is 0 Å². The van der Waals surface area contributed by atoms with E-state index in [0.717, 1.165) is 18.4 Å². The molecule has 0 unspecified atom stereocenters. The Balaban J connectivity index is 1.26. The van der Waals surface area contributed by atoms with Gasteiger partial charge in [-0.15, -0.1) is 0 Å². The Bertz CT molecular complexity index is 1820. The first kappa shape index (κ1) is 27.5. The molecule has 0 nitrogen and oxygen atoms in total. The Kier molecular flexibility index (Phi) is 7.40. The summed E-state index contributed by atoms with van der Waals surface area (Å²) in [5.41, 5.74) is 16.9. The predicted molar refractivity (Wildman–Crippen MR) is 183 cm³/mol. The van der Waals surface area contributed by atoms with E-state index in [0.29, 0.717) is 0 Å². The van der Waals surface area contributed by atoms with Crippen LogP contribution in [0.15, 0.2) is 146 Å². The van der Waals surface area contributed by atoms with Crippen molar-refractivity contribution in [2.24, 2.45) is 0 Å². The SMILES string of the molecule is C=CC1=C(/C=C\C)Cc2ccc(C/C=C\C=C(/C=C)c3ccc4c(c3)-c3cc(-c5ccccc5)ccc3C4(C)C)cc21. The lowest BCUT2D eigenvalue weighted by atomic mass is 9.82. The van der Waals surface area contributed by atoms with Gasteiger partial charge in [-0.05, 0) is 104 Å². The van der Waals surface area contributed by atoms with Crippen molar-refractivity contribution in [2.45, 2.75) is 39.0 Å². The summed E-state index contributed by atoms with van der Waals surface area (Å²) in [4.78, 5) is 0. The molecule has 0 saturated carbocycles. The largest absolute Gasteiger partial charge is 0.0984 e. The van der Waals surface area contributed by atoms with Gasteiger partial charge in [0.05, 0.1) is 0 Å². The number of hydrogen-bond acceptors (Lipinski definition) is 0. The van der Waals surface area contributed by atoms with Crippen molar-refractivity contribution in [1.82, 2.24) is 0 Å². The van der Waals surface area contributed by atoms with Crippen LogP contribution in [0.1, 0.15) is 54.2 Å². The fourth-order valence-electron chi connectivity index (χ4n) is 6.64. The van der Waals surface area contributed by atoms with E-state index >= 15 is 0 Å². The smallest absolute Gasteiger partial charge is 0.0158 e. The van der Waals surface area contributed by atoms with E-state index in [1.165, 1.54) is 66.8 Å². The molecule has 6 rings (SSSR count). The number of benzene rings is 4. The highest BCUT2D eigenvalue weighted by Crippen LogP contribution is 2.50. The molecule has 0 radical (unpaired) electrons. The topological polar surface area (TPSA) is 0 Å². The van der Waals surface area contributed by atoms with Crippen molar-refractivity contribution in [3.05, 3.63) is 180 Å². The zero-order valence-electron chi connectivity index (χ0n) is 25.0. The minimum atomic E-state index is -0.0273. The Morgan fingerprint density at radius 1 is 0.810 bits per heavy atom. The fourth-order valence-corrected chi connectivity index (χ4v) is 6.64. The molecular weight excluding hydrogens is 504 g/mol. The van der Waals surface area contributed by atoms with E-state index in [1.54, 1.807) is 0 Å². The van der Waals surface area contributed by atoms with Crippen LogP contribution >= 0.6 is 0 Å². The molecule has 2 aliphatic carbocycles. The molecule has 0 heteroatoms. The van der Waals surface area contributed by atoms with Crippen LogP contribution in [0.5, 0.6) is 0 Å². The van der Waals surface area contributed by atoms with Crippen molar-refractivity contribution in [3.8, 4) is 22.3 Å². The van der Waals surface area contributed by atoms with Gasteiger partial charge in [-0.25, -0.2) is 0 Å². The van der Waals surface area contributed by atoms with Gasteiger partial charge >= 0.3 is 0 Å². The maximum atomic E-state index is 4.15. The van der Waals surface area contributed by atoms with Crippen LogP contribution < -0.4 is 0 Å². The molecule has 4 aromatic rings. The normalized spacial score (nSPS) is 15.3. The average Bonchev–Trinajstić information content (AvgIpc) is 3.47. The molecule has 0 spiro atoms. The average molecular weight is 543 g/mol. The van der Waals surface area contributed by atoms with E-state index in [1.807, 2.05) is 12.2 Å². The van der Waals surface area contributed by atoms with Crippen LogP contribution in [0, 0.1) is 0 Å². The van der Waals surface area contributed by atoms with Gasteiger partial charge < -0.3 is 0 Å². The summed E-state index contributed by atoms with van der Waals surface area (Å²) in [6.45, 7) is 15.0. The van der Waals surface area contributed by atoms with Crippen molar-refractivity contribution in [1.29, 1.82) is 0 Å². The lowest BCUT2D eigenvalue weighted by molar-refractivity contribution is 0.660. The third-order valence-corrected chi connectivity index (χ3v) is 8.87. The predicted octanol–water partition coefficient (Wildman–Crippen LogP) is 11.1. The number of rotatable bonds is 8. The maximum Gasteiger partial charge on any atom is 0.0158 e. The first-order chi connectivity index (χ1) is 20.4. The van der Waals surface area contributed by atoms with Gasteiger partial charge in [-0.1, -0.05) is 142 Å². The van der Waals surface area contributed by atoms with Crippen molar-refractivity contribution in [3.63, 3.8) is 0 Å².